The van der Waals surface area contributed by atoms with Crippen LogP contribution in [0.25, 0.3) is 0 Å². The smallest absolute Gasteiger partial charge is 0.287 e. The van der Waals surface area contributed by atoms with Crippen molar-refractivity contribution in [2.45, 2.75) is 26.3 Å². The Kier molecular flexibility index (Phi) is 4.85. The molecular weight excluding hydrogens is 274 g/mol. The molecule has 0 aliphatic rings. The predicted molar refractivity (Wildman–Crippen MR) is 79.8 cm³/mol. The SMILES string of the molecule is CC(C)CC(NC(=O)c1ccc(Cl)o1)c1ccccc1. The van der Waals surface area contributed by atoms with Crippen LogP contribution in [0.15, 0.2) is 46.9 Å². The van der Waals surface area contributed by atoms with Gasteiger partial charge in [0.25, 0.3) is 5.91 Å². The summed E-state index contributed by atoms with van der Waals surface area (Å²) in [7, 11) is 0. The van der Waals surface area contributed by atoms with E-state index in [-0.39, 0.29) is 22.9 Å². The van der Waals surface area contributed by atoms with Crippen molar-refractivity contribution in [1.29, 1.82) is 0 Å². The summed E-state index contributed by atoms with van der Waals surface area (Å²) in [5, 5.41) is 3.22. The van der Waals surface area contributed by atoms with Crippen molar-refractivity contribution in [2.24, 2.45) is 5.92 Å². The summed E-state index contributed by atoms with van der Waals surface area (Å²) in [6, 6.07) is 13.0. The minimum atomic E-state index is -0.244. The third kappa shape index (κ3) is 3.87. The van der Waals surface area contributed by atoms with Gasteiger partial charge in [0.1, 0.15) is 0 Å². The van der Waals surface area contributed by atoms with Gasteiger partial charge >= 0.3 is 0 Å². The minimum Gasteiger partial charge on any atom is -0.440 e. The largest absolute Gasteiger partial charge is 0.440 e. The van der Waals surface area contributed by atoms with Crippen LogP contribution in [0.4, 0.5) is 0 Å². The first kappa shape index (κ1) is 14.7. The number of halogens is 1. The van der Waals surface area contributed by atoms with Crippen LogP contribution in [-0.2, 0) is 0 Å². The normalized spacial score (nSPS) is 12.4. The van der Waals surface area contributed by atoms with Crippen molar-refractivity contribution in [3.8, 4) is 0 Å². The molecule has 2 rings (SSSR count). The van der Waals surface area contributed by atoms with Crippen LogP contribution in [0, 0.1) is 5.92 Å². The number of hydrogen-bond donors (Lipinski definition) is 1. The van der Waals surface area contributed by atoms with E-state index in [4.69, 9.17) is 16.0 Å². The van der Waals surface area contributed by atoms with E-state index in [0.717, 1.165) is 12.0 Å². The van der Waals surface area contributed by atoms with Crippen molar-refractivity contribution in [2.75, 3.05) is 0 Å². The molecule has 3 nitrogen and oxygen atoms in total. The van der Waals surface area contributed by atoms with Gasteiger partial charge in [-0.15, -0.1) is 0 Å². The molecule has 0 radical (unpaired) electrons. The second-order valence-corrected chi connectivity index (χ2v) is 5.54. The van der Waals surface area contributed by atoms with Crippen LogP contribution >= 0.6 is 11.6 Å². The molecule has 1 atom stereocenters. The fraction of sp³-hybridized carbons (Fsp3) is 0.312. The number of benzene rings is 1. The third-order valence-electron chi connectivity index (χ3n) is 3.01. The molecule has 106 valence electrons. The number of amides is 1. The summed E-state index contributed by atoms with van der Waals surface area (Å²) in [5.74, 6) is 0.465. The van der Waals surface area contributed by atoms with Gasteiger partial charge in [-0.05, 0) is 41.6 Å². The molecule has 2 aromatic rings. The van der Waals surface area contributed by atoms with Crippen molar-refractivity contribution in [3.05, 3.63) is 59.0 Å². The first-order chi connectivity index (χ1) is 9.56. The van der Waals surface area contributed by atoms with Crippen LogP contribution in [0.1, 0.15) is 42.4 Å². The van der Waals surface area contributed by atoms with E-state index in [9.17, 15) is 4.79 Å². The molecule has 1 N–H and O–H groups in total. The Morgan fingerprint density at radius 3 is 2.45 bits per heavy atom. The molecular formula is C16H18ClNO2. The second-order valence-electron chi connectivity index (χ2n) is 5.17. The molecule has 0 saturated heterocycles. The first-order valence-corrected chi connectivity index (χ1v) is 7.05. The van der Waals surface area contributed by atoms with Crippen LogP contribution in [-0.4, -0.2) is 5.91 Å². The second kappa shape index (κ2) is 6.62. The van der Waals surface area contributed by atoms with Gasteiger partial charge in [0.05, 0.1) is 6.04 Å². The van der Waals surface area contributed by atoms with E-state index >= 15 is 0 Å². The summed E-state index contributed by atoms with van der Waals surface area (Å²) in [6.45, 7) is 4.26. The molecule has 1 heterocycles. The van der Waals surface area contributed by atoms with E-state index in [1.54, 1.807) is 12.1 Å². The van der Waals surface area contributed by atoms with Crippen molar-refractivity contribution < 1.29 is 9.21 Å². The molecule has 1 amide bonds. The van der Waals surface area contributed by atoms with E-state index in [2.05, 4.69) is 19.2 Å². The van der Waals surface area contributed by atoms with Gasteiger partial charge in [-0.2, -0.15) is 0 Å². The first-order valence-electron chi connectivity index (χ1n) is 6.67. The molecule has 4 heteroatoms. The Morgan fingerprint density at radius 2 is 1.90 bits per heavy atom. The molecule has 1 unspecified atom stereocenters. The highest BCUT2D eigenvalue weighted by molar-refractivity contribution is 6.29. The maximum absolute atomic E-state index is 12.2. The summed E-state index contributed by atoms with van der Waals surface area (Å²) < 4.78 is 5.14. The molecule has 1 aromatic carbocycles. The summed E-state index contributed by atoms with van der Waals surface area (Å²) in [5.41, 5.74) is 1.09. The average molecular weight is 292 g/mol. The maximum atomic E-state index is 12.2. The maximum Gasteiger partial charge on any atom is 0.287 e. The fourth-order valence-corrected chi connectivity index (χ4v) is 2.25. The number of rotatable bonds is 5. The standard InChI is InChI=1S/C16H18ClNO2/c1-11(2)10-13(12-6-4-3-5-7-12)18-16(19)14-8-9-15(17)20-14/h3-9,11,13H,10H2,1-2H3,(H,18,19). The Morgan fingerprint density at radius 1 is 1.20 bits per heavy atom. The number of nitrogens with one attached hydrogen (secondary N) is 1. The Bertz CT molecular complexity index is 563. The lowest BCUT2D eigenvalue weighted by Crippen LogP contribution is -2.29. The van der Waals surface area contributed by atoms with Crippen LogP contribution in [0.3, 0.4) is 0 Å². The van der Waals surface area contributed by atoms with Crippen molar-refractivity contribution in [3.63, 3.8) is 0 Å². The zero-order valence-corrected chi connectivity index (χ0v) is 12.4. The molecule has 0 fully saturated rings. The predicted octanol–water partition coefficient (Wildman–Crippen LogP) is 4.45. The van der Waals surface area contributed by atoms with Gasteiger partial charge < -0.3 is 9.73 Å². The zero-order valence-electron chi connectivity index (χ0n) is 11.6. The summed E-state index contributed by atoms with van der Waals surface area (Å²) in [4.78, 5) is 12.2. The molecule has 20 heavy (non-hydrogen) atoms. The summed E-state index contributed by atoms with van der Waals surface area (Å²) in [6.07, 6.45) is 0.865. The molecule has 0 aliphatic heterocycles. The van der Waals surface area contributed by atoms with Crippen molar-refractivity contribution in [1.82, 2.24) is 5.32 Å². The number of carbonyl (C=O) groups is 1. The topological polar surface area (TPSA) is 42.2 Å². The van der Waals surface area contributed by atoms with E-state index in [1.165, 1.54) is 0 Å². The quantitative estimate of drug-likeness (QED) is 0.884. The van der Waals surface area contributed by atoms with Gasteiger partial charge in [0.2, 0.25) is 0 Å². The number of carbonyl (C=O) groups excluding carboxylic acids is 1. The van der Waals surface area contributed by atoms with Crippen LogP contribution in [0.2, 0.25) is 5.22 Å². The number of hydrogen-bond acceptors (Lipinski definition) is 2. The van der Waals surface area contributed by atoms with Crippen molar-refractivity contribution >= 4 is 17.5 Å². The minimum absolute atomic E-state index is 0.0347. The van der Waals surface area contributed by atoms with Gasteiger partial charge in [0, 0.05) is 0 Å². The zero-order chi connectivity index (χ0) is 14.5. The van der Waals surface area contributed by atoms with Gasteiger partial charge in [-0.3, -0.25) is 4.79 Å². The fourth-order valence-electron chi connectivity index (χ4n) is 2.10. The average Bonchev–Trinajstić information content (AvgIpc) is 2.85. The number of furan rings is 1. The molecule has 0 saturated carbocycles. The lowest BCUT2D eigenvalue weighted by molar-refractivity contribution is 0.0904. The molecule has 0 aliphatic carbocycles. The highest BCUT2D eigenvalue weighted by Crippen LogP contribution is 2.22. The highest BCUT2D eigenvalue weighted by Gasteiger charge is 2.18. The molecule has 0 bridgehead atoms. The van der Waals surface area contributed by atoms with Gasteiger partial charge in [-0.1, -0.05) is 44.2 Å². The summed E-state index contributed by atoms with van der Waals surface area (Å²) >= 11 is 5.70. The third-order valence-corrected chi connectivity index (χ3v) is 3.21. The molecule has 1 aromatic heterocycles. The lowest BCUT2D eigenvalue weighted by atomic mass is 9.97. The van der Waals surface area contributed by atoms with Crippen LogP contribution < -0.4 is 5.32 Å². The van der Waals surface area contributed by atoms with E-state index in [0.29, 0.717) is 5.92 Å². The van der Waals surface area contributed by atoms with E-state index < -0.39 is 0 Å². The van der Waals surface area contributed by atoms with Gasteiger partial charge in [-0.25, -0.2) is 0 Å². The molecule has 0 spiro atoms. The van der Waals surface area contributed by atoms with Crippen LogP contribution in [0.5, 0.6) is 0 Å². The lowest BCUT2D eigenvalue weighted by Gasteiger charge is -2.20. The Labute approximate surface area is 123 Å². The van der Waals surface area contributed by atoms with E-state index in [1.807, 2.05) is 30.3 Å². The Hall–Kier alpha value is -1.74. The monoisotopic (exact) mass is 291 g/mol. The van der Waals surface area contributed by atoms with Gasteiger partial charge in [0.15, 0.2) is 11.0 Å². The Balaban J connectivity index is 2.14. The highest BCUT2D eigenvalue weighted by atomic mass is 35.5.